The van der Waals surface area contributed by atoms with Gasteiger partial charge in [-0.1, -0.05) is 13.8 Å². The molecule has 0 aromatic heterocycles. The third-order valence-electron chi connectivity index (χ3n) is 5.57. The third-order valence-corrected chi connectivity index (χ3v) is 5.57. The summed E-state index contributed by atoms with van der Waals surface area (Å²) in [7, 11) is 0. The monoisotopic (exact) mass is 561 g/mol. The van der Waals surface area contributed by atoms with Crippen molar-refractivity contribution in [3.05, 3.63) is 0 Å². The van der Waals surface area contributed by atoms with Gasteiger partial charge in [-0.3, -0.25) is 24.0 Å². The largest absolute Gasteiger partial charge is 0.480 e. The summed E-state index contributed by atoms with van der Waals surface area (Å²) in [5.41, 5.74) is 16.3. The lowest BCUT2D eigenvalue weighted by molar-refractivity contribution is -0.143. The Morgan fingerprint density at radius 3 is 1.69 bits per heavy atom. The van der Waals surface area contributed by atoms with Crippen molar-refractivity contribution in [1.29, 1.82) is 0 Å². The minimum atomic E-state index is -1.59. The van der Waals surface area contributed by atoms with E-state index in [9.17, 15) is 33.9 Å². The average molecular weight is 562 g/mol. The number of nitrogens with one attached hydrogen (secondary N) is 4. The molecule has 5 atom stereocenters. The number of hydrogen-bond donors (Lipinski definition) is 10. The van der Waals surface area contributed by atoms with Crippen LogP contribution in [-0.2, 0) is 28.8 Å². The standard InChI is InChI=1S/C23H43N7O9/c1-12(2)9-15(21(36)30-17(11-32)23(38)39)28-22(37)16(10-31)29-20(35)14(5-3-4-8-24)27-19(34)13(25)6-7-18(26)33/h12-17,31-32H,3-11,24-25H2,1-2H3,(H2,26,33)(H,27,34)(H,28,37)(H,29,35)(H,30,36)(H,38,39)/t13-,14-,15-,16-,17-/m0/s1. The normalized spacial score (nSPS) is 14.8. The highest BCUT2D eigenvalue weighted by atomic mass is 16.4. The second-order valence-corrected chi connectivity index (χ2v) is 9.47. The molecule has 0 spiro atoms. The molecule has 0 rings (SSSR count). The summed E-state index contributed by atoms with van der Waals surface area (Å²) in [5.74, 6) is -5.59. The zero-order chi connectivity index (χ0) is 30.1. The predicted molar refractivity (Wildman–Crippen MR) is 138 cm³/mol. The molecule has 0 saturated heterocycles. The van der Waals surface area contributed by atoms with Crippen LogP contribution in [0.3, 0.4) is 0 Å². The first-order chi connectivity index (χ1) is 18.3. The molecule has 0 aliphatic rings. The van der Waals surface area contributed by atoms with Crippen LogP contribution in [0.25, 0.3) is 0 Å². The molecule has 5 amide bonds. The Morgan fingerprint density at radius 1 is 0.718 bits per heavy atom. The minimum Gasteiger partial charge on any atom is -0.480 e. The van der Waals surface area contributed by atoms with E-state index in [4.69, 9.17) is 27.4 Å². The molecular weight excluding hydrogens is 518 g/mol. The van der Waals surface area contributed by atoms with Gasteiger partial charge < -0.3 is 53.8 Å². The van der Waals surface area contributed by atoms with E-state index in [1.807, 2.05) is 0 Å². The number of rotatable bonds is 20. The number of hydrogen-bond acceptors (Lipinski definition) is 10. The van der Waals surface area contributed by atoms with Gasteiger partial charge in [0.1, 0.15) is 24.2 Å². The summed E-state index contributed by atoms with van der Waals surface area (Å²) < 4.78 is 0. The Morgan fingerprint density at radius 2 is 1.21 bits per heavy atom. The van der Waals surface area contributed by atoms with Crippen LogP contribution in [0.5, 0.6) is 0 Å². The molecule has 0 unspecified atom stereocenters. The molecule has 0 heterocycles. The molecule has 0 aliphatic carbocycles. The van der Waals surface area contributed by atoms with E-state index in [1.165, 1.54) is 0 Å². The van der Waals surface area contributed by atoms with Gasteiger partial charge in [0.2, 0.25) is 29.5 Å². The lowest BCUT2D eigenvalue weighted by Crippen LogP contribution is -2.59. The number of aliphatic hydroxyl groups excluding tert-OH is 2. The van der Waals surface area contributed by atoms with Crippen molar-refractivity contribution in [2.45, 2.75) is 82.6 Å². The number of amides is 5. The highest BCUT2D eigenvalue weighted by molar-refractivity contribution is 5.95. The first-order valence-electron chi connectivity index (χ1n) is 12.7. The number of carboxylic acids is 1. The highest BCUT2D eigenvalue weighted by Crippen LogP contribution is 2.07. The van der Waals surface area contributed by atoms with Gasteiger partial charge in [0.15, 0.2) is 0 Å². The average Bonchev–Trinajstić information content (AvgIpc) is 2.86. The zero-order valence-corrected chi connectivity index (χ0v) is 22.4. The summed E-state index contributed by atoms with van der Waals surface area (Å²) in [6, 6.07) is -6.63. The van der Waals surface area contributed by atoms with Crippen LogP contribution in [0, 0.1) is 5.92 Å². The number of unbranched alkanes of at least 4 members (excludes halogenated alkanes) is 1. The molecule has 13 N–H and O–H groups in total. The molecule has 16 nitrogen and oxygen atoms in total. The fraction of sp³-hybridized carbons (Fsp3) is 0.739. The van der Waals surface area contributed by atoms with Gasteiger partial charge in [-0.2, -0.15) is 0 Å². The summed E-state index contributed by atoms with van der Waals surface area (Å²) in [6.07, 6.45) is 1.01. The quantitative estimate of drug-likeness (QED) is 0.0635. The molecular formula is C23H43N7O9. The fourth-order valence-corrected chi connectivity index (χ4v) is 3.37. The topological polar surface area (TPSA) is 289 Å². The molecule has 0 fully saturated rings. The molecule has 0 saturated carbocycles. The molecule has 0 aromatic carbocycles. The van der Waals surface area contributed by atoms with Crippen molar-refractivity contribution in [2.75, 3.05) is 19.8 Å². The van der Waals surface area contributed by atoms with E-state index < -0.39 is 78.9 Å². The van der Waals surface area contributed by atoms with Gasteiger partial charge in [-0.15, -0.1) is 0 Å². The molecule has 0 aliphatic heterocycles. The number of aliphatic hydroxyl groups is 2. The third kappa shape index (κ3) is 14.4. The summed E-state index contributed by atoms with van der Waals surface area (Å²) in [6.45, 7) is 2.11. The van der Waals surface area contributed by atoms with E-state index in [2.05, 4.69) is 21.3 Å². The second-order valence-electron chi connectivity index (χ2n) is 9.47. The number of carbonyl (C=O) groups is 6. The van der Waals surface area contributed by atoms with Crippen molar-refractivity contribution in [3.8, 4) is 0 Å². The van der Waals surface area contributed by atoms with Crippen LogP contribution in [-0.4, -0.2) is 101 Å². The lowest BCUT2D eigenvalue weighted by atomic mass is 10.0. The Hall–Kier alpha value is -3.34. The Labute approximate surface area is 226 Å². The van der Waals surface area contributed by atoms with Crippen molar-refractivity contribution in [2.24, 2.45) is 23.1 Å². The highest BCUT2D eigenvalue weighted by Gasteiger charge is 2.31. The Bertz CT molecular complexity index is 841. The zero-order valence-electron chi connectivity index (χ0n) is 22.4. The number of primary amides is 1. The second kappa shape index (κ2) is 18.8. The number of carbonyl (C=O) groups excluding carboxylic acids is 5. The van der Waals surface area contributed by atoms with E-state index in [0.29, 0.717) is 19.4 Å². The van der Waals surface area contributed by atoms with E-state index in [-0.39, 0.29) is 31.6 Å². The number of carboxylic acid groups (broad SMARTS) is 1. The molecule has 0 aromatic rings. The SMILES string of the molecule is CC(C)C[C@H](NC(=O)[C@H](CO)NC(=O)[C@H](CCCCN)NC(=O)[C@@H](N)CCC(N)=O)C(=O)N[C@@H](CO)C(=O)O. The van der Waals surface area contributed by atoms with E-state index >= 15 is 0 Å². The summed E-state index contributed by atoms with van der Waals surface area (Å²) in [5, 5.41) is 37.3. The van der Waals surface area contributed by atoms with Crippen LogP contribution < -0.4 is 38.5 Å². The van der Waals surface area contributed by atoms with Crippen LogP contribution in [0.15, 0.2) is 0 Å². The molecule has 0 bridgehead atoms. The Balaban J connectivity index is 5.52. The van der Waals surface area contributed by atoms with E-state index in [0.717, 1.165) is 0 Å². The maximum Gasteiger partial charge on any atom is 0.328 e. The molecule has 0 radical (unpaired) electrons. The van der Waals surface area contributed by atoms with Gasteiger partial charge in [0, 0.05) is 6.42 Å². The van der Waals surface area contributed by atoms with Crippen molar-refractivity contribution < 1.29 is 44.1 Å². The maximum absolute atomic E-state index is 13.0. The summed E-state index contributed by atoms with van der Waals surface area (Å²) in [4.78, 5) is 73.0. The maximum atomic E-state index is 13.0. The van der Waals surface area contributed by atoms with Gasteiger partial charge in [-0.25, -0.2) is 4.79 Å². The fourth-order valence-electron chi connectivity index (χ4n) is 3.37. The lowest BCUT2D eigenvalue weighted by Gasteiger charge is -2.26. The van der Waals surface area contributed by atoms with Crippen molar-refractivity contribution in [3.63, 3.8) is 0 Å². The van der Waals surface area contributed by atoms with Gasteiger partial charge in [0.25, 0.3) is 0 Å². The first kappa shape index (κ1) is 35.7. The number of nitrogens with two attached hydrogens (primary N) is 3. The smallest absolute Gasteiger partial charge is 0.328 e. The van der Waals surface area contributed by atoms with Crippen LogP contribution in [0.4, 0.5) is 0 Å². The number of aliphatic carboxylic acids is 1. The van der Waals surface area contributed by atoms with Gasteiger partial charge in [-0.05, 0) is 44.6 Å². The van der Waals surface area contributed by atoms with Crippen molar-refractivity contribution in [1.82, 2.24) is 21.3 Å². The Kier molecular flexibility index (Phi) is 17.2. The van der Waals surface area contributed by atoms with Crippen LogP contribution in [0.1, 0.15) is 52.4 Å². The molecule has 224 valence electrons. The van der Waals surface area contributed by atoms with E-state index in [1.54, 1.807) is 13.8 Å². The van der Waals surface area contributed by atoms with Crippen LogP contribution >= 0.6 is 0 Å². The van der Waals surface area contributed by atoms with Crippen molar-refractivity contribution >= 4 is 35.5 Å². The molecule has 39 heavy (non-hydrogen) atoms. The van der Waals surface area contributed by atoms with Gasteiger partial charge >= 0.3 is 5.97 Å². The predicted octanol–water partition coefficient (Wildman–Crippen LogP) is -4.24. The first-order valence-corrected chi connectivity index (χ1v) is 12.7. The summed E-state index contributed by atoms with van der Waals surface area (Å²) >= 11 is 0. The molecule has 16 heteroatoms. The minimum absolute atomic E-state index is 0.0434. The van der Waals surface area contributed by atoms with Gasteiger partial charge in [0.05, 0.1) is 19.3 Å². The van der Waals surface area contributed by atoms with Crippen LogP contribution in [0.2, 0.25) is 0 Å².